The van der Waals surface area contributed by atoms with E-state index in [4.69, 9.17) is 26.2 Å². The first-order valence-corrected chi connectivity index (χ1v) is 5.63. The van der Waals surface area contributed by atoms with Crippen molar-refractivity contribution in [1.29, 1.82) is 0 Å². The van der Waals surface area contributed by atoms with Gasteiger partial charge >= 0.3 is 0 Å². The summed E-state index contributed by atoms with van der Waals surface area (Å²) in [6.45, 7) is 1.08. The first-order valence-electron chi connectivity index (χ1n) is 5.26. The van der Waals surface area contributed by atoms with E-state index in [1.54, 1.807) is 12.1 Å². The van der Waals surface area contributed by atoms with Crippen LogP contribution in [0.4, 0.5) is 0 Å². The molecule has 0 amide bonds. The van der Waals surface area contributed by atoms with Crippen LogP contribution in [-0.2, 0) is 4.79 Å². The van der Waals surface area contributed by atoms with Crippen molar-refractivity contribution in [2.75, 3.05) is 0 Å². The standard InChI is InChI=1S/C12H9ClO.C2H4O2/c13-10-6-8-12(9-7-10)14-11-4-2-1-3-5-11;1-2(3)4/h1-9H;1H3,(H,3,4). The second-order valence-electron chi connectivity index (χ2n) is 3.39. The van der Waals surface area contributed by atoms with Gasteiger partial charge in [-0.3, -0.25) is 4.79 Å². The molecule has 2 aromatic carbocycles. The minimum absolute atomic E-state index is 0.713. The minimum Gasteiger partial charge on any atom is -0.481 e. The van der Waals surface area contributed by atoms with Crippen molar-refractivity contribution in [2.45, 2.75) is 6.92 Å². The summed E-state index contributed by atoms with van der Waals surface area (Å²) in [6.07, 6.45) is 0. The molecule has 0 aliphatic heterocycles. The number of aliphatic carboxylic acids is 1. The van der Waals surface area contributed by atoms with E-state index in [0.29, 0.717) is 5.02 Å². The number of carboxylic acid groups (broad SMARTS) is 1. The van der Waals surface area contributed by atoms with Gasteiger partial charge in [-0.1, -0.05) is 29.8 Å². The van der Waals surface area contributed by atoms with Crippen LogP contribution >= 0.6 is 11.6 Å². The molecule has 0 bridgehead atoms. The Hall–Kier alpha value is -2.00. The van der Waals surface area contributed by atoms with Gasteiger partial charge in [0.15, 0.2) is 0 Å². The Morgan fingerprint density at radius 3 is 1.94 bits per heavy atom. The summed E-state index contributed by atoms with van der Waals surface area (Å²) in [4.78, 5) is 9.00. The van der Waals surface area contributed by atoms with Crippen LogP contribution in [0, 0.1) is 0 Å². The maximum Gasteiger partial charge on any atom is 0.300 e. The highest BCUT2D eigenvalue weighted by Crippen LogP contribution is 2.22. The highest BCUT2D eigenvalue weighted by Gasteiger charge is 1.95. The van der Waals surface area contributed by atoms with Crippen LogP contribution in [0.1, 0.15) is 6.92 Å². The zero-order chi connectivity index (χ0) is 13.4. The first kappa shape index (κ1) is 14.1. The Morgan fingerprint density at radius 2 is 1.44 bits per heavy atom. The Balaban J connectivity index is 0.000000357. The predicted molar refractivity (Wildman–Crippen MR) is 71.3 cm³/mol. The van der Waals surface area contributed by atoms with Gasteiger partial charge in [0.1, 0.15) is 11.5 Å². The monoisotopic (exact) mass is 264 g/mol. The number of rotatable bonds is 2. The zero-order valence-electron chi connectivity index (χ0n) is 9.84. The molecule has 2 rings (SSSR count). The van der Waals surface area contributed by atoms with Gasteiger partial charge < -0.3 is 9.84 Å². The van der Waals surface area contributed by atoms with Crippen LogP contribution in [0.25, 0.3) is 0 Å². The van der Waals surface area contributed by atoms with Crippen LogP contribution in [0.5, 0.6) is 11.5 Å². The molecule has 0 aliphatic carbocycles. The van der Waals surface area contributed by atoms with Gasteiger partial charge in [-0.05, 0) is 36.4 Å². The van der Waals surface area contributed by atoms with Crippen LogP contribution < -0.4 is 4.74 Å². The quantitative estimate of drug-likeness (QED) is 0.883. The Bertz CT molecular complexity index is 476. The summed E-state index contributed by atoms with van der Waals surface area (Å²) in [7, 11) is 0. The third-order valence-electron chi connectivity index (χ3n) is 1.79. The van der Waals surface area contributed by atoms with Crippen molar-refractivity contribution in [3.63, 3.8) is 0 Å². The molecule has 0 atom stereocenters. The molecular weight excluding hydrogens is 252 g/mol. The van der Waals surface area contributed by atoms with Crippen molar-refractivity contribution in [2.24, 2.45) is 0 Å². The van der Waals surface area contributed by atoms with Gasteiger partial charge in [-0.25, -0.2) is 0 Å². The SMILES string of the molecule is CC(=O)O.Clc1ccc(Oc2ccccc2)cc1. The Labute approximate surface area is 111 Å². The number of carboxylic acids is 1. The fraction of sp³-hybridized carbons (Fsp3) is 0.0714. The van der Waals surface area contributed by atoms with Gasteiger partial charge in [-0.2, -0.15) is 0 Å². The number of hydrogen-bond acceptors (Lipinski definition) is 2. The van der Waals surface area contributed by atoms with Crippen LogP contribution in [0.15, 0.2) is 54.6 Å². The number of ether oxygens (including phenoxy) is 1. The van der Waals surface area contributed by atoms with Crippen LogP contribution in [0.3, 0.4) is 0 Å². The third kappa shape index (κ3) is 5.92. The van der Waals surface area contributed by atoms with Gasteiger partial charge in [0.05, 0.1) is 0 Å². The van der Waals surface area contributed by atoms with E-state index in [0.717, 1.165) is 18.4 Å². The molecule has 1 N–H and O–H groups in total. The molecule has 2 aromatic rings. The average molecular weight is 265 g/mol. The third-order valence-corrected chi connectivity index (χ3v) is 2.04. The van der Waals surface area contributed by atoms with E-state index < -0.39 is 5.97 Å². The van der Waals surface area contributed by atoms with Crippen molar-refractivity contribution in [3.8, 4) is 11.5 Å². The van der Waals surface area contributed by atoms with Crippen molar-refractivity contribution < 1.29 is 14.6 Å². The number of hydrogen-bond donors (Lipinski definition) is 1. The molecule has 4 heteroatoms. The summed E-state index contributed by atoms with van der Waals surface area (Å²) in [5.74, 6) is 0.787. The molecule has 0 spiro atoms. The predicted octanol–water partition coefficient (Wildman–Crippen LogP) is 4.22. The van der Waals surface area contributed by atoms with Gasteiger partial charge in [0.2, 0.25) is 0 Å². The second-order valence-corrected chi connectivity index (χ2v) is 3.82. The Kier molecular flexibility index (Phi) is 5.74. The van der Waals surface area contributed by atoms with E-state index in [9.17, 15) is 0 Å². The molecule has 94 valence electrons. The highest BCUT2D eigenvalue weighted by molar-refractivity contribution is 6.30. The normalized spacial score (nSPS) is 9.00. The largest absolute Gasteiger partial charge is 0.481 e. The maximum absolute atomic E-state index is 9.00. The second kappa shape index (κ2) is 7.35. The molecule has 0 heterocycles. The van der Waals surface area contributed by atoms with Gasteiger partial charge in [0, 0.05) is 11.9 Å². The number of carbonyl (C=O) groups is 1. The van der Waals surface area contributed by atoms with Gasteiger partial charge in [0.25, 0.3) is 5.97 Å². The molecule has 0 saturated heterocycles. The molecule has 18 heavy (non-hydrogen) atoms. The van der Waals surface area contributed by atoms with E-state index in [2.05, 4.69) is 0 Å². The molecule has 0 unspecified atom stereocenters. The van der Waals surface area contributed by atoms with E-state index in [1.165, 1.54) is 0 Å². The molecule has 0 aromatic heterocycles. The first-order chi connectivity index (χ1) is 8.58. The summed E-state index contributed by atoms with van der Waals surface area (Å²) >= 11 is 5.76. The van der Waals surface area contributed by atoms with Crippen LogP contribution in [0.2, 0.25) is 5.02 Å². The topological polar surface area (TPSA) is 46.5 Å². The lowest BCUT2D eigenvalue weighted by molar-refractivity contribution is -0.134. The zero-order valence-corrected chi connectivity index (χ0v) is 10.6. The lowest BCUT2D eigenvalue weighted by atomic mass is 10.3. The molecular formula is C14H13ClO3. The van der Waals surface area contributed by atoms with E-state index in [-0.39, 0.29) is 0 Å². The van der Waals surface area contributed by atoms with Crippen molar-refractivity contribution in [1.82, 2.24) is 0 Å². The van der Waals surface area contributed by atoms with Crippen molar-refractivity contribution >= 4 is 17.6 Å². The number of benzene rings is 2. The lowest BCUT2D eigenvalue weighted by Gasteiger charge is -2.04. The van der Waals surface area contributed by atoms with E-state index >= 15 is 0 Å². The fourth-order valence-corrected chi connectivity index (χ4v) is 1.25. The molecule has 0 saturated carbocycles. The molecule has 0 aliphatic rings. The Morgan fingerprint density at radius 1 is 1.00 bits per heavy atom. The summed E-state index contributed by atoms with van der Waals surface area (Å²) in [5.41, 5.74) is 0. The highest BCUT2D eigenvalue weighted by atomic mass is 35.5. The summed E-state index contributed by atoms with van der Waals surface area (Å²) in [5, 5.41) is 8.13. The lowest BCUT2D eigenvalue weighted by Crippen LogP contribution is -1.82. The molecule has 3 nitrogen and oxygen atoms in total. The average Bonchev–Trinajstić information content (AvgIpc) is 2.33. The number of para-hydroxylation sites is 1. The smallest absolute Gasteiger partial charge is 0.300 e. The summed E-state index contributed by atoms with van der Waals surface area (Å²) in [6, 6.07) is 16.9. The minimum atomic E-state index is -0.833. The summed E-state index contributed by atoms with van der Waals surface area (Å²) < 4.78 is 5.57. The molecule has 0 radical (unpaired) electrons. The van der Waals surface area contributed by atoms with Gasteiger partial charge in [-0.15, -0.1) is 0 Å². The molecule has 0 fully saturated rings. The van der Waals surface area contributed by atoms with E-state index in [1.807, 2.05) is 42.5 Å². The fourth-order valence-electron chi connectivity index (χ4n) is 1.13. The van der Waals surface area contributed by atoms with Crippen molar-refractivity contribution in [3.05, 3.63) is 59.6 Å². The maximum atomic E-state index is 9.00. The number of halogens is 1. The van der Waals surface area contributed by atoms with Crippen LogP contribution in [-0.4, -0.2) is 11.1 Å².